The molecule has 0 aromatic rings. The van der Waals surface area contributed by atoms with Gasteiger partial charge in [0.2, 0.25) is 0 Å². The maximum absolute atomic E-state index is 10.2. The van der Waals surface area contributed by atoms with Crippen molar-refractivity contribution in [3.63, 3.8) is 0 Å². The Kier molecular flexibility index (Phi) is 2.11. The fourth-order valence-electron chi connectivity index (χ4n) is 0.336. The number of carbonyl (C=O) groups is 1. The second-order valence-electron chi connectivity index (χ2n) is 1.32. The number of thiocarbonyl (C=S) groups is 1. The quantitative estimate of drug-likeness (QED) is 0.335. The van der Waals surface area contributed by atoms with Crippen LogP contribution < -0.4 is 5.73 Å². The molecule has 0 radical (unpaired) electrons. The molecular weight excluding hydrogens is 194 g/mol. The molecule has 0 aromatic heterocycles. The standard InChI is InChI=1S/C2H3N3O2S3/c3-1(8)4-5(2(6)7)10-9-4/h(H2,3,8)(H,6,7). The molecule has 3 N–H and O–H groups in total. The Labute approximate surface area is 70.2 Å². The largest absolute Gasteiger partial charge is 0.463 e. The molecule has 1 heterocycles. The van der Waals surface area contributed by atoms with Crippen LogP contribution in [0.3, 0.4) is 0 Å². The SMILES string of the molecule is NC(=S)N1SSN1C(=O)O. The van der Waals surface area contributed by atoms with Gasteiger partial charge in [0, 0.05) is 0 Å². The maximum atomic E-state index is 10.2. The van der Waals surface area contributed by atoms with Crippen LogP contribution in [0.2, 0.25) is 0 Å². The molecular formula is C2H3N3O2S3. The predicted octanol–water partition coefficient (Wildman–Crippen LogP) is 0.652. The Morgan fingerprint density at radius 1 is 1.50 bits per heavy atom. The highest BCUT2D eigenvalue weighted by atomic mass is 33.1. The Bertz CT molecular complexity index is 165. The third-order valence-corrected chi connectivity index (χ3v) is 3.16. The average Bonchev–Trinajstić information content (AvgIpc) is 1.56. The van der Waals surface area contributed by atoms with Gasteiger partial charge in [0.1, 0.15) is 0 Å². The average molecular weight is 197 g/mol. The van der Waals surface area contributed by atoms with Crippen LogP contribution in [0.5, 0.6) is 0 Å². The molecule has 0 saturated carbocycles. The Morgan fingerprint density at radius 3 is 2.10 bits per heavy atom. The summed E-state index contributed by atoms with van der Waals surface area (Å²) in [4.78, 5) is 10.2. The van der Waals surface area contributed by atoms with Gasteiger partial charge in [0.25, 0.3) is 0 Å². The van der Waals surface area contributed by atoms with Crippen molar-refractivity contribution in [2.45, 2.75) is 0 Å². The summed E-state index contributed by atoms with van der Waals surface area (Å²) in [7, 11) is 2.24. The summed E-state index contributed by atoms with van der Waals surface area (Å²) >= 11 is 4.53. The van der Waals surface area contributed by atoms with Crippen LogP contribution in [0.4, 0.5) is 4.79 Å². The minimum Gasteiger partial charge on any atom is -0.463 e. The van der Waals surface area contributed by atoms with Crippen molar-refractivity contribution < 1.29 is 9.90 Å². The van der Waals surface area contributed by atoms with Crippen molar-refractivity contribution in [2.75, 3.05) is 0 Å². The number of amides is 1. The number of hydrazine groups is 1. The zero-order valence-electron chi connectivity index (χ0n) is 4.55. The Morgan fingerprint density at radius 2 is 2.00 bits per heavy atom. The van der Waals surface area contributed by atoms with Gasteiger partial charge in [-0.2, -0.15) is 4.41 Å². The zero-order chi connectivity index (χ0) is 7.72. The van der Waals surface area contributed by atoms with E-state index in [1.807, 2.05) is 0 Å². The first-order chi connectivity index (χ1) is 4.63. The molecule has 1 amide bonds. The van der Waals surface area contributed by atoms with Crippen LogP contribution in [0.25, 0.3) is 0 Å². The summed E-state index contributed by atoms with van der Waals surface area (Å²) in [5, 5.41) is 8.43. The van der Waals surface area contributed by atoms with Gasteiger partial charge in [-0.3, -0.25) is 0 Å². The summed E-state index contributed by atoms with van der Waals surface area (Å²) in [5.74, 6) is 0. The van der Waals surface area contributed by atoms with E-state index in [0.717, 1.165) is 15.4 Å². The molecule has 0 aromatic carbocycles. The summed E-state index contributed by atoms with van der Waals surface area (Å²) in [5.41, 5.74) is 5.14. The lowest BCUT2D eigenvalue weighted by Gasteiger charge is -2.36. The number of hydrogen-bond donors (Lipinski definition) is 2. The smallest absolute Gasteiger partial charge is 0.438 e. The van der Waals surface area contributed by atoms with Crippen molar-refractivity contribution in [3.8, 4) is 0 Å². The lowest BCUT2D eigenvalue weighted by atomic mass is 11.1. The van der Waals surface area contributed by atoms with Crippen molar-refractivity contribution >= 4 is 45.4 Å². The highest BCUT2D eigenvalue weighted by Crippen LogP contribution is 2.43. The van der Waals surface area contributed by atoms with Crippen molar-refractivity contribution in [3.05, 3.63) is 0 Å². The summed E-state index contributed by atoms with van der Waals surface area (Å²) in [6.45, 7) is 0. The lowest BCUT2D eigenvalue weighted by Crippen LogP contribution is -2.48. The zero-order valence-corrected chi connectivity index (χ0v) is 7.00. The molecule has 0 atom stereocenters. The lowest BCUT2D eigenvalue weighted by molar-refractivity contribution is 0.149. The van der Waals surface area contributed by atoms with E-state index in [1.165, 1.54) is 15.4 Å². The predicted molar refractivity (Wildman–Crippen MR) is 43.7 cm³/mol. The Hall–Kier alpha value is -0.340. The first-order valence-electron chi connectivity index (χ1n) is 2.10. The van der Waals surface area contributed by atoms with Gasteiger partial charge in [-0.25, -0.2) is 4.79 Å². The number of carboxylic acid groups (broad SMARTS) is 1. The molecule has 10 heavy (non-hydrogen) atoms. The monoisotopic (exact) mass is 197 g/mol. The second-order valence-corrected chi connectivity index (χ2v) is 3.62. The fourth-order valence-corrected chi connectivity index (χ4v) is 2.25. The molecule has 0 spiro atoms. The molecule has 56 valence electrons. The van der Waals surface area contributed by atoms with Gasteiger partial charge >= 0.3 is 6.09 Å². The van der Waals surface area contributed by atoms with E-state index in [2.05, 4.69) is 12.2 Å². The molecule has 1 aliphatic rings. The number of hydrogen-bond acceptors (Lipinski definition) is 4. The van der Waals surface area contributed by atoms with Gasteiger partial charge in [0.05, 0.1) is 22.0 Å². The topological polar surface area (TPSA) is 69.8 Å². The van der Waals surface area contributed by atoms with Gasteiger partial charge < -0.3 is 10.8 Å². The molecule has 1 rings (SSSR count). The molecule has 1 aliphatic heterocycles. The normalized spacial score (nSPS) is 16.4. The number of nitrogens with zero attached hydrogens (tertiary/aromatic N) is 2. The third kappa shape index (κ3) is 1.22. The van der Waals surface area contributed by atoms with Gasteiger partial charge in [0.15, 0.2) is 5.11 Å². The van der Waals surface area contributed by atoms with Gasteiger partial charge in [-0.05, 0) is 12.2 Å². The molecule has 1 saturated heterocycles. The minimum atomic E-state index is -1.07. The second kappa shape index (κ2) is 2.72. The van der Waals surface area contributed by atoms with Crippen molar-refractivity contribution in [2.24, 2.45) is 5.73 Å². The molecule has 0 unspecified atom stereocenters. The first-order valence-corrected chi connectivity index (χ1v) is 4.57. The molecule has 0 bridgehead atoms. The van der Waals surface area contributed by atoms with Crippen LogP contribution >= 0.6 is 34.2 Å². The van der Waals surface area contributed by atoms with Crippen LogP contribution in [0, 0.1) is 0 Å². The van der Waals surface area contributed by atoms with Gasteiger partial charge in [-0.15, -0.1) is 4.41 Å². The van der Waals surface area contributed by atoms with E-state index in [1.54, 1.807) is 0 Å². The molecule has 5 nitrogen and oxygen atoms in total. The van der Waals surface area contributed by atoms with Crippen molar-refractivity contribution in [1.82, 2.24) is 8.83 Å². The Balaban J connectivity index is 2.51. The molecule has 8 heteroatoms. The highest BCUT2D eigenvalue weighted by Gasteiger charge is 2.34. The first kappa shape index (κ1) is 7.76. The van der Waals surface area contributed by atoms with E-state index in [9.17, 15) is 4.79 Å². The van der Waals surface area contributed by atoms with E-state index in [-0.39, 0.29) is 5.11 Å². The van der Waals surface area contributed by atoms with Crippen LogP contribution in [-0.2, 0) is 0 Å². The van der Waals surface area contributed by atoms with E-state index < -0.39 is 6.09 Å². The van der Waals surface area contributed by atoms with Gasteiger partial charge in [-0.1, -0.05) is 0 Å². The summed E-state index contributed by atoms with van der Waals surface area (Å²) < 4.78 is 2.16. The summed E-state index contributed by atoms with van der Waals surface area (Å²) in [6.07, 6.45) is -1.07. The molecule has 1 fully saturated rings. The van der Waals surface area contributed by atoms with E-state index in [4.69, 9.17) is 10.8 Å². The highest BCUT2D eigenvalue weighted by molar-refractivity contribution is 8.77. The molecule has 0 aliphatic carbocycles. The van der Waals surface area contributed by atoms with E-state index >= 15 is 0 Å². The minimum absolute atomic E-state index is 0.0474. The number of nitrogens with two attached hydrogens (primary N) is 1. The van der Waals surface area contributed by atoms with Crippen molar-refractivity contribution in [1.29, 1.82) is 0 Å². The third-order valence-electron chi connectivity index (χ3n) is 0.692. The summed E-state index contributed by atoms with van der Waals surface area (Å²) in [6, 6.07) is 0. The number of rotatable bonds is 0. The maximum Gasteiger partial charge on any atom is 0.438 e. The fraction of sp³-hybridized carbons (Fsp3) is 0. The van der Waals surface area contributed by atoms with Crippen LogP contribution in [0.1, 0.15) is 0 Å². The van der Waals surface area contributed by atoms with Crippen LogP contribution in [-0.4, -0.2) is 25.1 Å². The van der Waals surface area contributed by atoms with Crippen LogP contribution in [0.15, 0.2) is 0 Å². The van der Waals surface area contributed by atoms with E-state index in [0.29, 0.717) is 0 Å².